The molecule has 1 amide bonds. The third-order valence-electron chi connectivity index (χ3n) is 5.68. The van der Waals surface area contributed by atoms with Gasteiger partial charge in [0.25, 0.3) is 5.91 Å². The van der Waals surface area contributed by atoms with Gasteiger partial charge in [-0.2, -0.15) is 5.10 Å². The number of carboxylic acids is 1. The van der Waals surface area contributed by atoms with E-state index in [2.05, 4.69) is 5.10 Å². The molecular weight excluding hydrogens is 349 g/mol. The number of hydrogen-bond acceptors (Lipinski definition) is 3. The average Bonchev–Trinajstić information content (AvgIpc) is 3.23. The Morgan fingerprint density at radius 2 is 2.07 bits per heavy atom. The number of likely N-dealkylation sites (tertiary alicyclic amines) is 1. The highest BCUT2D eigenvalue weighted by molar-refractivity contribution is 5.95. The van der Waals surface area contributed by atoms with E-state index < -0.39 is 11.9 Å². The summed E-state index contributed by atoms with van der Waals surface area (Å²) in [5.74, 6) is -1.97. The highest BCUT2D eigenvalue weighted by Gasteiger charge is 2.36. The molecular formula is C20H22FN3O3. The van der Waals surface area contributed by atoms with E-state index in [1.54, 1.807) is 21.7 Å². The Balaban J connectivity index is 1.71. The van der Waals surface area contributed by atoms with Crippen LogP contribution in [0.2, 0.25) is 0 Å². The molecule has 0 bridgehead atoms. The summed E-state index contributed by atoms with van der Waals surface area (Å²) in [5.41, 5.74) is 2.84. The zero-order valence-corrected chi connectivity index (χ0v) is 15.2. The van der Waals surface area contributed by atoms with E-state index in [0.29, 0.717) is 24.2 Å². The number of amides is 1. The first kappa shape index (κ1) is 17.7. The molecule has 1 aromatic carbocycles. The Morgan fingerprint density at radius 1 is 1.26 bits per heavy atom. The average molecular weight is 371 g/mol. The molecule has 6 nitrogen and oxygen atoms in total. The van der Waals surface area contributed by atoms with Crippen LogP contribution in [-0.2, 0) is 17.6 Å². The Morgan fingerprint density at radius 3 is 2.81 bits per heavy atom. The number of rotatable bonds is 3. The SMILES string of the molecule is CC1CCC(C(=O)O)CN1C(=O)c1nn(-c2cccc(F)c2)c2c1CCC2. The molecule has 2 unspecified atom stereocenters. The van der Waals surface area contributed by atoms with Crippen molar-refractivity contribution in [3.05, 3.63) is 47.0 Å². The summed E-state index contributed by atoms with van der Waals surface area (Å²) >= 11 is 0. The van der Waals surface area contributed by atoms with Crippen LogP contribution in [0.1, 0.15) is 47.9 Å². The molecule has 4 rings (SSSR count). The van der Waals surface area contributed by atoms with Crippen LogP contribution in [-0.4, -0.2) is 44.3 Å². The molecule has 0 spiro atoms. The van der Waals surface area contributed by atoms with Gasteiger partial charge in [0.05, 0.1) is 11.6 Å². The molecule has 2 aliphatic rings. The number of carboxylic acid groups (broad SMARTS) is 1. The second-order valence-electron chi connectivity index (χ2n) is 7.44. The quantitative estimate of drug-likeness (QED) is 0.900. The monoisotopic (exact) mass is 371 g/mol. The number of benzene rings is 1. The van der Waals surface area contributed by atoms with Gasteiger partial charge in [-0.25, -0.2) is 9.07 Å². The molecule has 1 aliphatic carbocycles. The fourth-order valence-corrected chi connectivity index (χ4v) is 4.16. The van der Waals surface area contributed by atoms with Gasteiger partial charge < -0.3 is 10.0 Å². The Kier molecular flexibility index (Phi) is 4.45. The minimum atomic E-state index is -0.866. The fraction of sp³-hybridized carbons (Fsp3) is 0.450. The van der Waals surface area contributed by atoms with Gasteiger partial charge in [0, 0.05) is 23.8 Å². The van der Waals surface area contributed by atoms with Crippen molar-refractivity contribution in [3.63, 3.8) is 0 Å². The maximum Gasteiger partial charge on any atom is 0.308 e. The van der Waals surface area contributed by atoms with Gasteiger partial charge in [0.15, 0.2) is 5.69 Å². The van der Waals surface area contributed by atoms with E-state index in [1.165, 1.54) is 12.1 Å². The summed E-state index contributed by atoms with van der Waals surface area (Å²) in [6.07, 6.45) is 3.72. The predicted octanol–water partition coefficient (Wildman–Crippen LogP) is 2.83. The molecule has 2 atom stereocenters. The third-order valence-corrected chi connectivity index (χ3v) is 5.68. The summed E-state index contributed by atoms with van der Waals surface area (Å²) in [5, 5.41) is 13.9. The minimum absolute atomic E-state index is 0.0236. The van der Waals surface area contributed by atoms with Crippen LogP contribution in [0, 0.1) is 11.7 Å². The molecule has 1 saturated heterocycles. The maximum atomic E-state index is 13.7. The molecule has 1 fully saturated rings. The van der Waals surface area contributed by atoms with Crippen LogP contribution >= 0.6 is 0 Å². The van der Waals surface area contributed by atoms with Crippen molar-refractivity contribution < 1.29 is 19.1 Å². The summed E-state index contributed by atoms with van der Waals surface area (Å²) in [4.78, 5) is 26.3. The molecule has 0 saturated carbocycles. The van der Waals surface area contributed by atoms with Crippen LogP contribution in [0.3, 0.4) is 0 Å². The van der Waals surface area contributed by atoms with Crippen molar-refractivity contribution >= 4 is 11.9 Å². The molecule has 0 radical (unpaired) electrons. The molecule has 1 N–H and O–H groups in total. The lowest BCUT2D eigenvalue weighted by Gasteiger charge is -2.36. The molecule has 27 heavy (non-hydrogen) atoms. The molecule has 7 heteroatoms. The van der Waals surface area contributed by atoms with E-state index in [0.717, 1.165) is 30.5 Å². The van der Waals surface area contributed by atoms with Crippen LogP contribution < -0.4 is 0 Å². The smallest absolute Gasteiger partial charge is 0.308 e. The van der Waals surface area contributed by atoms with Crippen molar-refractivity contribution in [1.29, 1.82) is 0 Å². The Bertz CT molecular complexity index is 908. The van der Waals surface area contributed by atoms with Crippen LogP contribution in [0.25, 0.3) is 5.69 Å². The van der Waals surface area contributed by atoms with Crippen molar-refractivity contribution in [1.82, 2.24) is 14.7 Å². The largest absolute Gasteiger partial charge is 0.481 e. The van der Waals surface area contributed by atoms with Gasteiger partial charge in [-0.15, -0.1) is 0 Å². The number of nitrogens with zero attached hydrogens (tertiary/aromatic N) is 3. The number of carbonyl (C=O) groups excluding carboxylic acids is 1. The summed E-state index contributed by atoms with van der Waals surface area (Å²) in [6.45, 7) is 2.15. The lowest BCUT2D eigenvalue weighted by molar-refractivity contribution is -0.143. The van der Waals surface area contributed by atoms with E-state index >= 15 is 0 Å². The lowest BCUT2D eigenvalue weighted by Crippen LogP contribution is -2.47. The van der Waals surface area contributed by atoms with Gasteiger partial charge >= 0.3 is 5.97 Å². The molecule has 142 valence electrons. The van der Waals surface area contributed by atoms with Crippen molar-refractivity contribution in [2.75, 3.05) is 6.54 Å². The predicted molar refractivity (Wildman–Crippen MR) is 96.4 cm³/mol. The van der Waals surface area contributed by atoms with Gasteiger partial charge in [0.2, 0.25) is 0 Å². The first-order valence-corrected chi connectivity index (χ1v) is 9.36. The van der Waals surface area contributed by atoms with E-state index in [1.807, 2.05) is 6.92 Å². The maximum absolute atomic E-state index is 13.7. The highest BCUT2D eigenvalue weighted by Crippen LogP contribution is 2.31. The fourth-order valence-electron chi connectivity index (χ4n) is 4.16. The van der Waals surface area contributed by atoms with E-state index in [-0.39, 0.29) is 24.3 Å². The van der Waals surface area contributed by atoms with Crippen LogP contribution in [0.5, 0.6) is 0 Å². The number of carbonyl (C=O) groups is 2. The first-order chi connectivity index (χ1) is 13.0. The first-order valence-electron chi connectivity index (χ1n) is 9.36. The highest BCUT2D eigenvalue weighted by atomic mass is 19.1. The van der Waals surface area contributed by atoms with Crippen LogP contribution in [0.4, 0.5) is 4.39 Å². The second-order valence-corrected chi connectivity index (χ2v) is 7.44. The van der Waals surface area contributed by atoms with Crippen molar-refractivity contribution in [2.24, 2.45) is 5.92 Å². The van der Waals surface area contributed by atoms with Crippen LogP contribution in [0.15, 0.2) is 24.3 Å². The van der Waals surface area contributed by atoms with E-state index in [9.17, 15) is 19.1 Å². The summed E-state index contributed by atoms with van der Waals surface area (Å²) in [7, 11) is 0. The van der Waals surface area contributed by atoms with Gasteiger partial charge in [-0.05, 0) is 57.2 Å². The number of halogens is 1. The zero-order chi connectivity index (χ0) is 19.1. The molecule has 1 aliphatic heterocycles. The molecule has 2 heterocycles. The van der Waals surface area contributed by atoms with Crippen molar-refractivity contribution in [3.8, 4) is 5.69 Å². The summed E-state index contributed by atoms with van der Waals surface area (Å²) < 4.78 is 15.3. The number of aromatic nitrogens is 2. The molecule has 1 aromatic heterocycles. The number of hydrogen-bond donors (Lipinski definition) is 1. The molecule has 2 aromatic rings. The number of piperidine rings is 1. The Hall–Kier alpha value is -2.70. The normalized spacial score (nSPS) is 21.9. The van der Waals surface area contributed by atoms with Gasteiger partial charge in [0.1, 0.15) is 5.82 Å². The third kappa shape index (κ3) is 3.11. The van der Waals surface area contributed by atoms with E-state index in [4.69, 9.17) is 0 Å². The summed E-state index contributed by atoms with van der Waals surface area (Å²) in [6, 6.07) is 6.15. The van der Waals surface area contributed by atoms with Gasteiger partial charge in [-0.3, -0.25) is 9.59 Å². The Labute approximate surface area is 156 Å². The zero-order valence-electron chi connectivity index (χ0n) is 15.2. The second kappa shape index (κ2) is 6.79. The number of aliphatic carboxylic acids is 1. The number of fused-ring (bicyclic) bond motifs is 1. The van der Waals surface area contributed by atoms with Gasteiger partial charge in [-0.1, -0.05) is 6.07 Å². The van der Waals surface area contributed by atoms with Crippen molar-refractivity contribution in [2.45, 2.75) is 45.1 Å². The topological polar surface area (TPSA) is 75.4 Å². The standard InChI is InChI=1S/C20H22FN3O3/c1-12-8-9-13(20(26)27)11-23(12)19(25)18-16-6-3-7-17(16)24(22-18)15-5-2-4-14(21)10-15/h2,4-5,10,12-13H,3,6-9,11H2,1H3,(H,26,27). The minimum Gasteiger partial charge on any atom is -0.481 e. The lowest BCUT2D eigenvalue weighted by atomic mass is 9.93.